The summed E-state index contributed by atoms with van der Waals surface area (Å²) in [7, 11) is 0. The van der Waals surface area contributed by atoms with Gasteiger partial charge < -0.3 is 4.55 Å². The minimum Gasteiger partial charge on any atom is -0.772 e. The van der Waals surface area contributed by atoms with Crippen molar-refractivity contribution in [3.05, 3.63) is 35.3 Å². The van der Waals surface area contributed by atoms with Crippen LogP contribution >= 0.6 is 11.3 Å². The summed E-state index contributed by atoms with van der Waals surface area (Å²) in [5, 5.41) is 9.01. The van der Waals surface area contributed by atoms with Gasteiger partial charge in [0.25, 0.3) is 0 Å². The molecule has 1 unspecified atom stereocenters. The molecular formula is C9H7N2O2S2-. The number of rotatable bonds is 3. The van der Waals surface area contributed by atoms with E-state index >= 15 is 0 Å². The Labute approximate surface area is 93.3 Å². The van der Waals surface area contributed by atoms with Crippen LogP contribution in [0.5, 0.6) is 0 Å². The molecule has 0 radical (unpaired) electrons. The molecule has 1 heterocycles. The van der Waals surface area contributed by atoms with E-state index in [1.54, 1.807) is 0 Å². The third-order valence-electron chi connectivity index (χ3n) is 1.73. The lowest BCUT2D eigenvalue weighted by atomic mass is 10.2. The summed E-state index contributed by atoms with van der Waals surface area (Å²) in [6.07, 6.45) is 0. The zero-order valence-electron chi connectivity index (χ0n) is 7.62. The van der Waals surface area contributed by atoms with E-state index in [1.165, 1.54) is 11.3 Å². The Hall–Kier alpha value is -1.11. The van der Waals surface area contributed by atoms with Crippen LogP contribution in [0.1, 0.15) is 5.01 Å². The molecule has 6 heteroatoms. The molecule has 0 amide bonds. The van der Waals surface area contributed by atoms with Gasteiger partial charge >= 0.3 is 0 Å². The summed E-state index contributed by atoms with van der Waals surface area (Å²) in [5.41, 5.74) is 0.956. The second-order valence-electron chi connectivity index (χ2n) is 2.82. The first kappa shape index (κ1) is 10.4. The summed E-state index contributed by atoms with van der Waals surface area (Å²) < 4.78 is 20.9. The van der Waals surface area contributed by atoms with Crippen molar-refractivity contribution in [2.75, 3.05) is 0 Å². The van der Waals surface area contributed by atoms with Gasteiger partial charge in [0.1, 0.15) is 10.0 Å². The number of aromatic nitrogens is 2. The van der Waals surface area contributed by atoms with Gasteiger partial charge in [0, 0.05) is 5.56 Å². The Morgan fingerprint density at radius 1 is 1.27 bits per heavy atom. The van der Waals surface area contributed by atoms with Crippen LogP contribution < -0.4 is 0 Å². The van der Waals surface area contributed by atoms with E-state index in [0.29, 0.717) is 5.01 Å². The van der Waals surface area contributed by atoms with E-state index in [4.69, 9.17) is 0 Å². The lowest BCUT2D eigenvalue weighted by molar-refractivity contribution is 0.536. The van der Waals surface area contributed by atoms with Gasteiger partial charge in [-0.15, -0.1) is 10.2 Å². The molecule has 0 saturated heterocycles. The molecule has 4 nitrogen and oxygen atoms in total. The fraction of sp³-hybridized carbons (Fsp3) is 0.111. The summed E-state index contributed by atoms with van der Waals surface area (Å²) in [4.78, 5) is 0. The molecule has 0 bridgehead atoms. The first-order valence-corrected chi connectivity index (χ1v) is 6.25. The summed E-state index contributed by atoms with van der Waals surface area (Å²) in [5.74, 6) is -0.0650. The minimum atomic E-state index is -2.10. The van der Waals surface area contributed by atoms with E-state index in [-0.39, 0.29) is 5.75 Å². The standard InChI is InChI=1S/C9H8N2O2S2/c12-15(13)6-8-10-11-9(14-8)7-4-2-1-3-5-7/h1-5H,6H2,(H,12,13)/p-1. The quantitative estimate of drug-likeness (QED) is 0.763. The van der Waals surface area contributed by atoms with Crippen molar-refractivity contribution < 1.29 is 8.76 Å². The lowest BCUT2D eigenvalue weighted by Crippen LogP contribution is -1.91. The molecular weight excluding hydrogens is 232 g/mol. The predicted molar refractivity (Wildman–Crippen MR) is 58.0 cm³/mol. The van der Waals surface area contributed by atoms with Crippen molar-refractivity contribution in [1.82, 2.24) is 10.2 Å². The Morgan fingerprint density at radius 3 is 2.67 bits per heavy atom. The lowest BCUT2D eigenvalue weighted by Gasteiger charge is -1.98. The Kier molecular flexibility index (Phi) is 3.20. The minimum absolute atomic E-state index is 0.0650. The van der Waals surface area contributed by atoms with Gasteiger partial charge in [-0.1, -0.05) is 41.7 Å². The van der Waals surface area contributed by atoms with Crippen molar-refractivity contribution in [1.29, 1.82) is 0 Å². The average Bonchev–Trinajstić information content (AvgIpc) is 2.67. The van der Waals surface area contributed by atoms with Crippen molar-refractivity contribution >= 4 is 22.4 Å². The maximum absolute atomic E-state index is 10.5. The highest BCUT2D eigenvalue weighted by atomic mass is 32.2. The smallest absolute Gasteiger partial charge is 0.147 e. The van der Waals surface area contributed by atoms with E-state index in [2.05, 4.69) is 10.2 Å². The molecule has 1 atom stereocenters. The van der Waals surface area contributed by atoms with Crippen molar-refractivity contribution in [3.63, 3.8) is 0 Å². The molecule has 78 valence electrons. The van der Waals surface area contributed by atoms with Crippen LogP contribution in [0, 0.1) is 0 Å². The molecule has 2 rings (SSSR count). The molecule has 0 aliphatic carbocycles. The monoisotopic (exact) mass is 239 g/mol. The predicted octanol–water partition coefficient (Wildman–Crippen LogP) is 1.58. The zero-order chi connectivity index (χ0) is 10.7. The SMILES string of the molecule is O=S([O-])Cc1nnc(-c2ccccc2)s1. The van der Waals surface area contributed by atoms with Crippen LogP contribution in [0.25, 0.3) is 10.6 Å². The van der Waals surface area contributed by atoms with Crippen molar-refractivity contribution in [2.24, 2.45) is 0 Å². The van der Waals surface area contributed by atoms with Crippen LogP contribution in [-0.4, -0.2) is 19.0 Å². The first-order valence-electron chi connectivity index (χ1n) is 4.19. The van der Waals surface area contributed by atoms with Crippen molar-refractivity contribution in [3.8, 4) is 10.6 Å². The highest BCUT2D eigenvalue weighted by molar-refractivity contribution is 7.78. The van der Waals surface area contributed by atoms with Crippen LogP contribution in [0.15, 0.2) is 30.3 Å². The Morgan fingerprint density at radius 2 is 2.00 bits per heavy atom. The molecule has 2 aromatic rings. The van der Waals surface area contributed by atoms with Gasteiger partial charge in [-0.3, -0.25) is 4.21 Å². The number of hydrogen-bond donors (Lipinski definition) is 0. The van der Waals surface area contributed by atoms with Gasteiger partial charge in [0.2, 0.25) is 0 Å². The summed E-state index contributed by atoms with van der Waals surface area (Å²) >= 11 is -0.803. The van der Waals surface area contributed by atoms with Gasteiger partial charge in [-0.2, -0.15) is 0 Å². The Bertz CT molecular complexity index is 470. The van der Waals surface area contributed by atoms with Crippen LogP contribution in [0.2, 0.25) is 0 Å². The average molecular weight is 239 g/mol. The van der Waals surface area contributed by atoms with Gasteiger partial charge in [0.05, 0.1) is 5.75 Å². The highest BCUT2D eigenvalue weighted by Crippen LogP contribution is 2.23. The second kappa shape index (κ2) is 4.61. The number of benzene rings is 1. The molecule has 0 spiro atoms. The maximum Gasteiger partial charge on any atom is 0.147 e. The zero-order valence-corrected chi connectivity index (χ0v) is 9.25. The molecule has 0 saturated carbocycles. The maximum atomic E-state index is 10.5. The largest absolute Gasteiger partial charge is 0.772 e. The normalized spacial score (nSPS) is 12.6. The molecule has 0 aliphatic rings. The fourth-order valence-corrected chi connectivity index (χ4v) is 2.53. The molecule has 0 fully saturated rings. The van der Waals surface area contributed by atoms with E-state index in [9.17, 15) is 8.76 Å². The third kappa shape index (κ3) is 2.68. The molecule has 1 aromatic carbocycles. The summed E-state index contributed by atoms with van der Waals surface area (Å²) in [6.45, 7) is 0. The van der Waals surface area contributed by atoms with E-state index in [0.717, 1.165) is 10.6 Å². The number of hydrogen-bond acceptors (Lipinski definition) is 5. The molecule has 0 N–H and O–H groups in total. The molecule has 1 aromatic heterocycles. The van der Waals surface area contributed by atoms with Crippen LogP contribution in [-0.2, 0) is 16.8 Å². The topological polar surface area (TPSA) is 65.9 Å². The molecule has 15 heavy (non-hydrogen) atoms. The highest BCUT2D eigenvalue weighted by Gasteiger charge is 2.05. The van der Waals surface area contributed by atoms with Gasteiger partial charge in [0.15, 0.2) is 0 Å². The van der Waals surface area contributed by atoms with E-state index in [1.807, 2.05) is 30.3 Å². The molecule has 0 aliphatic heterocycles. The van der Waals surface area contributed by atoms with E-state index < -0.39 is 11.1 Å². The fourth-order valence-electron chi connectivity index (χ4n) is 1.11. The second-order valence-corrected chi connectivity index (χ2v) is 4.77. The van der Waals surface area contributed by atoms with Crippen LogP contribution in [0.3, 0.4) is 0 Å². The van der Waals surface area contributed by atoms with Gasteiger partial charge in [-0.05, 0) is 11.1 Å². The Balaban J connectivity index is 2.24. The number of nitrogens with zero attached hydrogens (tertiary/aromatic N) is 2. The first-order chi connectivity index (χ1) is 7.25. The van der Waals surface area contributed by atoms with Crippen molar-refractivity contribution in [2.45, 2.75) is 5.75 Å². The third-order valence-corrected chi connectivity index (χ3v) is 3.39. The van der Waals surface area contributed by atoms with Crippen LogP contribution in [0.4, 0.5) is 0 Å². The summed E-state index contributed by atoms with van der Waals surface area (Å²) in [6, 6.07) is 9.55. The van der Waals surface area contributed by atoms with Gasteiger partial charge in [-0.25, -0.2) is 0 Å².